The Hall–Kier alpha value is -2.04. The van der Waals surface area contributed by atoms with E-state index < -0.39 is 11.5 Å². The van der Waals surface area contributed by atoms with Gasteiger partial charge >= 0.3 is 5.97 Å². The molecule has 0 bridgehead atoms. The van der Waals surface area contributed by atoms with Crippen LogP contribution in [0.3, 0.4) is 0 Å². The molecule has 3 rings (SSSR count). The minimum atomic E-state index is -1.24. The Bertz CT molecular complexity index is 608. The molecule has 21 heavy (non-hydrogen) atoms. The summed E-state index contributed by atoms with van der Waals surface area (Å²) in [7, 11) is 1.56. The summed E-state index contributed by atoms with van der Waals surface area (Å²) in [4.78, 5) is 25.8. The Morgan fingerprint density at radius 1 is 1.38 bits per heavy atom. The summed E-state index contributed by atoms with van der Waals surface area (Å²) in [5, 5.41) is 9.94. The third kappa shape index (κ3) is 1.99. The summed E-state index contributed by atoms with van der Waals surface area (Å²) >= 11 is 0. The van der Waals surface area contributed by atoms with Gasteiger partial charge in [0.2, 0.25) is 5.91 Å². The van der Waals surface area contributed by atoms with Crippen LogP contribution in [-0.4, -0.2) is 35.0 Å². The monoisotopic (exact) mass is 289 g/mol. The van der Waals surface area contributed by atoms with Crippen LogP contribution >= 0.6 is 0 Å². The van der Waals surface area contributed by atoms with E-state index in [2.05, 4.69) is 0 Å². The molecule has 1 aromatic rings. The lowest BCUT2D eigenvalue weighted by Gasteiger charge is -2.38. The van der Waals surface area contributed by atoms with Crippen molar-refractivity contribution in [2.75, 3.05) is 7.11 Å². The van der Waals surface area contributed by atoms with E-state index in [1.54, 1.807) is 18.1 Å². The van der Waals surface area contributed by atoms with Gasteiger partial charge in [-0.3, -0.25) is 4.79 Å². The molecular weight excluding hydrogens is 270 g/mol. The van der Waals surface area contributed by atoms with Gasteiger partial charge in [0.1, 0.15) is 5.75 Å². The molecule has 0 aromatic heterocycles. The average Bonchev–Trinajstić information content (AvgIpc) is 3.19. The summed E-state index contributed by atoms with van der Waals surface area (Å²) < 4.78 is 5.23. The van der Waals surface area contributed by atoms with E-state index in [-0.39, 0.29) is 11.9 Å². The van der Waals surface area contributed by atoms with Gasteiger partial charge < -0.3 is 14.7 Å². The number of aliphatic carboxylic acids is 1. The lowest BCUT2D eigenvalue weighted by molar-refractivity contribution is -0.160. The lowest BCUT2D eigenvalue weighted by Crippen LogP contribution is -2.54. The normalized spacial score (nSPS) is 23.5. The molecule has 1 amide bonds. The number of nitrogens with zero attached hydrogens (tertiary/aromatic N) is 1. The Labute approximate surface area is 123 Å². The zero-order valence-corrected chi connectivity index (χ0v) is 12.3. The van der Waals surface area contributed by atoms with Crippen molar-refractivity contribution in [3.63, 3.8) is 0 Å². The van der Waals surface area contributed by atoms with E-state index >= 15 is 0 Å². The van der Waals surface area contributed by atoms with Crippen LogP contribution in [0.4, 0.5) is 0 Å². The summed E-state index contributed by atoms with van der Waals surface area (Å²) in [5.41, 5.74) is 0.457. The second-order valence-corrected chi connectivity index (χ2v) is 5.81. The molecule has 1 saturated carbocycles. The summed E-state index contributed by atoms with van der Waals surface area (Å²) in [6.45, 7) is 1.46. The van der Waals surface area contributed by atoms with Crippen LogP contribution in [0.25, 0.3) is 0 Å². The van der Waals surface area contributed by atoms with Gasteiger partial charge in [0, 0.05) is 13.0 Å². The number of rotatable bonds is 4. The van der Waals surface area contributed by atoms with Crippen molar-refractivity contribution >= 4 is 11.9 Å². The van der Waals surface area contributed by atoms with Gasteiger partial charge in [-0.15, -0.1) is 0 Å². The van der Waals surface area contributed by atoms with Crippen LogP contribution in [0.5, 0.6) is 5.75 Å². The number of hydrogen-bond donors (Lipinski definition) is 1. The molecule has 0 saturated heterocycles. The number of carboxylic acids is 1. The summed E-state index contributed by atoms with van der Waals surface area (Å²) in [6.07, 6.45) is 2.87. The van der Waals surface area contributed by atoms with Gasteiger partial charge in [0.05, 0.1) is 7.11 Å². The highest BCUT2D eigenvalue weighted by Gasteiger charge is 2.55. The number of hydrogen-bond acceptors (Lipinski definition) is 3. The van der Waals surface area contributed by atoms with Crippen LogP contribution < -0.4 is 4.74 Å². The fourth-order valence-corrected chi connectivity index (χ4v) is 3.48. The van der Waals surface area contributed by atoms with Crippen LogP contribution in [0.2, 0.25) is 0 Å². The first-order valence-electron chi connectivity index (χ1n) is 7.21. The second-order valence-electron chi connectivity index (χ2n) is 5.81. The fourth-order valence-electron chi connectivity index (χ4n) is 3.48. The van der Waals surface area contributed by atoms with E-state index in [4.69, 9.17) is 4.74 Å². The van der Waals surface area contributed by atoms with Gasteiger partial charge in [-0.25, -0.2) is 4.79 Å². The number of carbonyl (C=O) groups is 2. The van der Waals surface area contributed by atoms with E-state index in [0.29, 0.717) is 24.2 Å². The molecule has 0 spiro atoms. The fraction of sp³-hybridized carbons (Fsp3) is 0.500. The predicted molar refractivity (Wildman–Crippen MR) is 76.2 cm³/mol. The number of aryl methyl sites for hydroxylation is 1. The molecular formula is C16H19NO4. The van der Waals surface area contributed by atoms with Crippen molar-refractivity contribution in [1.82, 2.24) is 4.90 Å². The Morgan fingerprint density at radius 3 is 2.62 bits per heavy atom. The molecule has 1 fully saturated rings. The Morgan fingerprint density at radius 2 is 2.10 bits per heavy atom. The highest BCUT2D eigenvalue weighted by atomic mass is 16.5. The molecule has 2 aliphatic rings. The van der Waals surface area contributed by atoms with Gasteiger partial charge in [-0.1, -0.05) is 6.07 Å². The standard InChI is InChI=1S/C16H19NO4/c1-10(18)17(12-4-5-12)16(15(19)20)8-7-11-3-6-13(21-2)9-14(11)16/h3,6,9,12H,4-5,7-8H2,1-2H3,(H,19,20). The van der Waals surface area contributed by atoms with Crippen molar-refractivity contribution < 1.29 is 19.4 Å². The van der Waals surface area contributed by atoms with Crippen molar-refractivity contribution in [3.8, 4) is 5.75 Å². The summed E-state index contributed by atoms with van der Waals surface area (Å²) in [5.74, 6) is -0.493. The molecule has 1 aromatic carbocycles. The number of amides is 1. The third-order valence-electron chi connectivity index (χ3n) is 4.54. The zero-order valence-electron chi connectivity index (χ0n) is 12.3. The number of ether oxygens (including phenoxy) is 1. The first-order valence-corrected chi connectivity index (χ1v) is 7.21. The van der Waals surface area contributed by atoms with Crippen molar-refractivity contribution in [2.24, 2.45) is 0 Å². The second kappa shape index (κ2) is 4.76. The van der Waals surface area contributed by atoms with Crippen LogP contribution in [-0.2, 0) is 21.5 Å². The number of benzene rings is 1. The van der Waals surface area contributed by atoms with E-state index in [0.717, 1.165) is 18.4 Å². The van der Waals surface area contributed by atoms with E-state index in [1.165, 1.54) is 6.92 Å². The number of methoxy groups -OCH3 is 1. The molecule has 0 aliphatic heterocycles. The topological polar surface area (TPSA) is 66.8 Å². The van der Waals surface area contributed by atoms with Gasteiger partial charge in [0.15, 0.2) is 5.54 Å². The van der Waals surface area contributed by atoms with E-state index in [9.17, 15) is 14.7 Å². The molecule has 1 atom stereocenters. The van der Waals surface area contributed by atoms with Gasteiger partial charge in [0.25, 0.3) is 0 Å². The molecule has 5 nitrogen and oxygen atoms in total. The van der Waals surface area contributed by atoms with Crippen LogP contribution in [0.15, 0.2) is 18.2 Å². The molecule has 0 radical (unpaired) electrons. The lowest BCUT2D eigenvalue weighted by atomic mass is 9.89. The van der Waals surface area contributed by atoms with Crippen molar-refractivity contribution in [1.29, 1.82) is 0 Å². The number of carbonyl (C=O) groups excluding carboxylic acids is 1. The minimum absolute atomic E-state index is 0.0516. The zero-order chi connectivity index (χ0) is 15.2. The molecule has 0 heterocycles. The van der Waals surface area contributed by atoms with Crippen LogP contribution in [0.1, 0.15) is 37.3 Å². The molecule has 1 N–H and O–H groups in total. The van der Waals surface area contributed by atoms with Gasteiger partial charge in [-0.2, -0.15) is 0 Å². The third-order valence-corrected chi connectivity index (χ3v) is 4.54. The number of carboxylic acid groups (broad SMARTS) is 1. The predicted octanol–water partition coefficient (Wildman–Crippen LogP) is 1.93. The maximum atomic E-state index is 12.1. The molecule has 5 heteroatoms. The molecule has 2 aliphatic carbocycles. The summed E-state index contributed by atoms with van der Waals surface area (Å²) in [6, 6.07) is 5.57. The molecule has 1 unspecified atom stereocenters. The highest BCUT2D eigenvalue weighted by molar-refractivity contribution is 5.89. The minimum Gasteiger partial charge on any atom is -0.497 e. The van der Waals surface area contributed by atoms with Crippen LogP contribution in [0, 0.1) is 0 Å². The first kappa shape index (κ1) is 13.9. The smallest absolute Gasteiger partial charge is 0.334 e. The Balaban J connectivity index is 2.17. The largest absolute Gasteiger partial charge is 0.497 e. The van der Waals surface area contributed by atoms with E-state index in [1.807, 2.05) is 12.1 Å². The Kier molecular flexibility index (Phi) is 3.15. The highest BCUT2D eigenvalue weighted by Crippen LogP contribution is 2.47. The SMILES string of the molecule is COc1ccc2c(c1)C(C(=O)O)(N(C(C)=O)C1CC1)CC2. The molecule has 112 valence electrons. The quantitative estimate of drug-likeness (QED) is 0.919. The number of fused-ring (bicyclic) bond motifs is 1. The average molecular weight is 289 g/mol. The maximum absolute atomic E-state index is 12.1. The maximum Gasteiger partial charge on any atom is 0.334 e. The van der Waals surface area contributed by atoms with Gasteiger partial charge in [-0.05, 0) is 48.9 Å². The van der Waals surface area contributed by atoms with Crippen molar-refractivity contribution in [3.05, 3.63) is 29.3 Å². The van der Waals surface area contributed by atoms with Crippen molar-refractivity contribution in [2.45, 2.75) is 44.2 Å². The first-order chi connectivity index (χ1) is 10.0.